The van der Waals surface area contributed by atoms with E-state index in [2.05, 4.69) is 111 Å². The van der Waals surface area contributed by atoms with Crippen LogP contribution in [0, 0.1) is 0 Å². The van der Waals surface area contributed by atoms with Gasteiger partial charge in [-0.05, 0) is 89.9 Å². The molecule has 0 spiro atoms. The molecule has 0 saturated carbocycles. The van der Waals surface area contributed by atoms with Crippen LogP contribution in [0.2, 0.25) is 0 Å². The van der Waals surface area contributed by atoms with Crippen molar-refractivity contribution in [2.24, 2.45) is 0 Å². The first-order valence-corrected chi connectivity index (χ1v) is 32.4. The number of ether oxygens (including phenoxy) is 4. The lowest BCUT2D eigenvalue weighted by Gasteiger charge is -2.26. The highest BCUT2D eigenvalue weighted by Crippen LogP contribution is 2.17. The van der Waals surface area contributed by atoms with Gasteiger partial charge in [-0.25, -0.2) is 0 Å². The zero-order chi connectivity index (χ0) is 57.6. The molecule has 0 fully saturated rings. The summed E-state index contributed by atoms with van der Waals surface area (Å²) in [5.41, 5.74) is 0. The van der Waals surface area contributed by atoms with Gasteiger partial charge in [-0.3, -0.25) is 9.59 Å². The molecule has 0 aliphatic heterocycles. The summed E-state index contributed by atoms with van der Waals surface area (Å²) in [5.74, 6) is -2.30. The van der Waals surface area contributed by atoms with Crippen molar-refractivity contribution in [3.05, 3.63) is 97.2 Å². The lowest BCUT2D eigenvalue weighted by molar-refractivity contribution is -0.870. The van der Waals surface area contributed by atoms with Gasteiger partial charge in [0.05, 0.1) is 40.3 Å². The standard InChI is InChI=1S/C70H121NO8/c1-6-8-10-12-14-16-18-20-22-23-24-25-26-27-28-29-30-31-32-33-34-35-36-37-38-39-40-41-42-43-44-45-47-49-51-53-55-57-59-61-68(73)79-66(65-78-70(69(74)75)76-63-62-71(3,4)5)64-77-67(72)60-58-56-54-52-50-48-46-21-19-17-15-13-11-9-7-2/h8-11,14-17,20-22,24-25,27-28,46,66,70H,6-7,12-13,18-19,23,26,29-45,47-65H2,1-5H3/b10-8-,11-9-,16-14-,17-15-,22-20-,25-24-,28-27-,46-21-. The zero-order valence-electron chi connectivity index (χ0n) is 51.7. The molecule has 79 heavy (non-hydrogen) atoms. The molecule has 9 nitrogen and oxygen atoms in total. The average Bonchev–Trinajstić information content (AvgIpc) is 3.42. The van der Waals surface area contributed by atoms with Gasteiger partial charge in [0.1, 0.15) is 13.2 Å². The second kappa shape index (κ2) is 60.3. The summed E-state index contributed by atoms with van der Waals surface area (Å²) < 4.78 is 22.7. The van der Waals surface area contributed by atoms with Crippen molar-refractivity contribution in [3.63, 3.8) is 0 Å². The number of nitrogens with zero attached hydrogens (tertiary/aromatic N) is 1. The molecular weight excluding hydrogens is 983 g/mol. The minimum absolute atomic E-state index is 0.143. The van der Waals surface area contributed by atoms with Crippen LogP contribution in [0.1, 0.15) is 271 Å². The highest BCUT2D eigenvalue weighted by Gasteiger charge is 2.22. The molecule has 0 amide bonds. The Balaban J connectivity index is 4.00. The number of hydrogen-bond donors (Lipinski definition) is 0. The van der Waals surface area contributed by atoms with Crippen molar-refractivity contribution in [1.29, 1.82) is 0 Å². The van der Waals surface area contributed by atoms with Gasteiger partial charge >= 0.3 is 11.9 Å². The molecule has 0 radical (unpaired) electrons. The largest absolute Gasteiger partial charge is 0.545 e. The summed E-state index contributed by atoms with van der Waals surface area (Å²) in [6, 6.07) is 0. The number of quaternary nitrogens is 1. The number of rotatable bonds is 59. The van der Waals surface area contributed by atoms with E-state index in [0.717, 1.165) is 103 Å². The molecule has 0 aromatic carbocycles. The minimum Gasteiger partial charge on any atom is -0.545 e. The summed E-state index contributed by atoms with van der Waals surface area (Å²) in [6.45, 7) is 4.51. The lowest BCUT2D eigenvalue weighted by Crippen LogP contribution is -2.44. The Kier molecular flexibility index (Phi) is 57.4. The molecule has 454 valence electrons. The Bertz CT molecular complexity index is 1620. The minimum atomic E-state index is -1.63. The van der Waals surface area contributed by atoms with Crippen molar-refractivity contribution < 1.29 is 42.9 Å². The van der Waals surface area contributed by atoms with Crippen molar-refractivity contribution >= 4 is 17.9 Å². The number of likely N-dealkylation sites (N-methyl/N-ethyl adjacent to an activating group) is 1. The van der Waals surface area contributed by atoms with Crippen LogP contribution in [0.15, 0.2) is 97.2 Å². The van der Waals surface area contributed by atoms with E-state index in [-0.39, 0.29) is 38.6 Å². The maximum atomic E-state index is 12.9. The fourth-order valence-electron chi connectivity index (χ4n) is 8.93. The molecule has 2 atom stereocenters. The first-order valence-electron chi connectivity index (χ1n) is 32.4. The van der Waals surface area contributed by atoms with Crippen molar-refractivity contribution in [2.45, 2.75) is 283 Å². The average molecular weight is 1100 g/mol. The summed E-state index contributed by atoms with van der Waals surface area (Å²) in [7, 11) is 5.92. The fourth-order valence-corrected chi connectivity index (χ4v) is 8.93. The van der Waals surface area contributed by atoms with Crippen LogP contribution in [0.3, 0.4) is 0 Å². The molecule has 0 heterocycles. The molecule has 9 heteroatoms. The number of aliphatic carboxylic acids is 1. The molecule has 2 unspecified atom stereocenters. The van der Waals surface area contributed by atoms with Gasteiger partial charge < -0.3 is 33.3 Å². The third kappa shape index (κ3) is 61.7. The van der Waals surface area contributed by atoms with Crippen LogP contribution < -0.4 is 5.11 Å². The number of carbonyl (C=O) groups is 3. The van der Waals surface area contributed by atoms with Crippen molar-refractivity contribution in [2.75, 3.05) is 47.5 Å². The molecule has 0 N–H and O–H groups in total. The van der Waals surface area contributed by atoms with Crippen molar-refractivity contribution in [1.82, 2.24) is 0 Å². The molecule has 0 bridgehead atoms. The Hall–Kier alpha value is -3.79. The van der Waals surface area contributed by atoms with Gasteiger partial charge in [-0.15, -0.1) is 0 Å². The fraction of sp³-hybridized carbons (Fsp3) is 0.729. The molecule has 0 rings (SSSR count). The van der Waals surface area contributed by atoms with E-state index in [9.17, 15) is 19.5 Å². The molecule has 0 aliphatic rings. The predicted octanol–water partition coefficient (Wildman–Crippen LogP) is 18.4. The quantitative estimate of drug-likeness (QED) is 0.0195. The van der Waals surface area contributed by atoms with E-state index in [1.54, 1.807) is 0 Å². The van der Waals surface area contributed by atoms with Gasteiger partial charge in [0.15, 0.2) is 12.4 Å². The van der Waals surface area contributed by atoms with Gasteiger partial charge in [0, 0.05) is 12.8 Å². The first kappa shape index (κ1) is 75.2. The van der Waals surface area contributed by atoms with Crippen LogP contribution >= 0.6 is 0 Å². The molecule has 0 aromatic rings. The van der Waals surface area contributed by atoms with Gasteiger partial charge in [-0.2, -0.15) is 0 Å². The van der Waals surface area contributed by atoms with Crippen LogP contribution in [0.25, 0.3) is 0 Å². The topological polar surface area (TPSA) is 111 Å². The van der Waals surface area contributed by atoms with Gasteiger partial charge in [0.2, 0.25) is 0 Å². The van der Waals surface area contributed by atoms with Crippen molar-refractivity contribution in [3.8, 4) is 0 Å². The lowest BCUT2D eigenvalue weighted by atomic mass is 10.0. The van der Waals surface area contributed by atoms with Crippen LogP contribution in [0.4, 0.5) is 0 Å². The summed E-state index contributed by atoms with van der Waals surface area (Å²) in [5, 5.41) is 11.8. The highest BCUT2D eigenvalue weighted by molar-refractivity contribution is 5.70. The number of unbranched alkanes of at least 4 members (excludes halogenated alkanes) is 28. The van der Waals surface area contributed by atoms with E-state index in [1.165, 1.54) is 135 Å². The van der Waals surface area contributed by atoms with Crippen LogP contribution in [-0.4, -0.2) is 82.3 Å². The molecule has 0 saturated heterocycles. The van der Waals surface area contributed by atoms with E-state index in [0.29, 0.717) is 17.4 Å². The number of carboxylic acids is 1. The third-order valence-electron chi connectivity index (χ3n) is 13.8. The number of allylic oxidation sites excluding steroid dienone is 16. The first-order chi connectivity index (χ1) is 38.6. The predicted molar refractivity (Wildman–Crippen MR) is 334 cm³/mol. The van der Waals surface area contributed by atoms with E-state index in [1.807, 2.05) is 21.1 Å². The van der Waals surface area contributed by atoms with Gasteiger partial charge in [-0.1, -0.05) is 265 Å². The summed E-state index contributed by atoms with van der Waals surface area (Å²) in [4.78, 5) is 37.3. The monoisotopic (exact) mass is 1100 g/mol. The van der Waals surface area contributed by atoms with Crippen LogP contribution in [-0.2, 0) is 33.3 Å². The maximum absolute atomic E-state index is 12.9. The SMILES string of the molecule is CC/C=C\C/C=C\C/C=C\C/C=C\C/C=C\CCCCCCCCCCCCCCCCCCCCCCCCCC(=O)OC(COC(=O)CCCCCCC/C=C\C/C=C\C/C=C\CC)COC(OCC[N+](C)(C)C)C(=O)[O-]. The second-order valence-electron chi connectivity index (χ2n) is 22.6. The Morgan fingerprint density at radius 2 is 0.684 bits per heavy atom. The molecular formula is C70H121NO8. The summed E-state index contributed by atoms with van der Waals surface area (Å²) in [6.07, 6.45) is 79.3. The van der Waals surface area contributed by atoms with E-state index < -0.39 is 24.3 Å². The molecule has 0 aromatic heterocycles. The maximum Gasteiger partial charge on any atom is 0.306 e. The Morgan fingerprint density at radius 1 is 0.380 bits per heavy atom. The second-order valence-corrected chi connectivity index (χ2v) is 22.6. The van der Waals surface area contributed by atoms with Crippen LogP contribution in [0.5, 0.6) is 0 Å². The zero-order valence-corrected chi connectivity index (χ0v) is 51.7. The number of hydrogen-bond acceptors (Lipinski definition) is 8. The van der Waals surface area contributed by atoms with Gasteiger partial charge in [0.25, 0.3) is 0 Å². The van der Waals surface area contributed by atoms with E-state index >= 15 is 0 Å². The third-order valence-corrected chi connectivity index (χ3v) is 13.8. The van der Waals surface area contributed by atoms with E-state index in [4.69, 9.17) is 18.9 Å². The Morgan fingerprint density at radius 3 is 1.01 bits per heavy atom. The normalized spacial score (nSPS) is 13.4. The number of carboxylic acid groups (broad SMARTS) is 1. The highest BCUT2D eigenvalue weighted by atomic mass is 16.7. The summed E-state index contributed by atoms with van der Waals surface area (Å²) >= 11 is 0. The number of carbonyl (C=O) groups excluding carboxylic acids is 3. The Labute approximate surface area is 486 Å². The smallest absolute Gasteiger partial charge is 0.306 e. The number of esters is 2. The molecule has 0 aliphatic carbocycles.